The van der Waals surface area contributed by atoms with E-state index in [4.69, 9.17) is 4.74 Å². The minimum Gasteiger partial charge on any atom is -0.459 e. The second kappa shape index (κ2) is 4.45. The third kappa shape index (κ3) is 2.22. The smallest absolute Gasteiger partial charge is 0.343 e. The van der Waals surface area contributed by atoms with Crippen LogP contribution >= 0.6 is 0 Å². The third-order valence-corrected chi connectivity index (χ3v) is 2.32. The Balaban J connectivity index is 2.39. The number of rotatable bonds is 3. The summed E-state index contributed by atoms with van der Waals surface area (Å²) in [6, 6.07) is 3.79. The van der Waals surface area contributed by atoms with Crippen LogP contribution in [0.5, 0.6) is 0 Å². The van der Waals surface area contributed by atoms with Gasteiger partial charge in [-0.1, -0.05) is 0 Å². The molecule has 5 nitrogen and oxygen atoms in total. The number of esters is 1. The van der Waals surface area contributed by atoms with Gasteiger partial charge in [0.05, 0.1) is 12.3 Å². The summed E-state index contributed by atoms with van der Waals surface area (Å²) in [7, 11) is 1.79. The van der Waals surface area contributed by atoms with Crippen molar-refractivity contribution in [3.05, 3.63) is 36.3 Å². The molecule has 90 valence electrons. The van der Waals surface area contributed by atoms with E-state index in [1.165, 1.54) is 6.20 Å². The maximum atomic E-state index is 11.9. The number of ether oxygens (including phenoxy) is 1. The lowest BCUT2D eigenvalue weighted by molar-refractivity contribution is 0.0378. The van der Waals surface area contributed by atoms with Gasteiger partial charge in [0, 0.05) is 19.4 Å². The summed E-state index contributed by atoms with van der Waals surface area (Å²) in [6.45, 7) is 3.65. The summed E-state index contributed by atoms with van der Waals surface area (Å²) in [5.74, 6) is 0.359. The molecule has 0 aromatic carbocycles. The standard InChI is InChI=1S/C12H15N3O2/c1-9(2)17-12(16)10-8-13-14(3)11(10)15-6-4-5-7-15/h4-9H,1-3H3. The number of hydrogen-bond donors (Lipinski definition) is 0. The van der Waals surface area contributed by atoms with E-state index in [2.05, 4.69) is 5.10 Å². The lowest BCUT2D eigenvalue weighted by atomic mass is 10.3. The molecule has 2 heterocycles. The number of nitrogens with zero attached hydrogens (tertiary/aromatic N) is 3. The molecule has 0 spiro atoms. The number of hydrogen-bond acceptors (Lipinski definition) is 3. The summed E-state index contributed by atoms with van der Waals surface area (Å²) >= 11 is 0. The fourth-order valence-corrected chi connectivity index (χ4v) is 1.63. The molecule has 0 bridgehead atoms. The van der Waals surface area contributed by atoms with Crippen molar-refractivity contribution in [2.45, 2.75) is 20.0 Å². The number of aromatic nitrogens is 3. The van der Waals surface area contributed by atoms with Crippen LogP contribution in [-0.4, -0.2) is 26.4 Å². The molecule has 0 saturated heterocycles. The van der Waals surface area contributed by atoms with Crippen LogP contribution in [0.25, 0.3) is 5.82 Å². The molecule has 0 radical (unpaired) electrons. The molecule has 0 fully saturated rings. The zero-order chi connectivity index (χ0) is 12.4. The maximum absolute atomic E-state index is 11.9. The van der Waals surface area contributed by atoms with Crippen molar-refractivity contribution in [2.24, 2.45) is 7.05 Å². The topological polar surface area (TPSA) is 49.0 Å². The maximum Gasteiger partial charge on any atom is 0.343 e. The predicted octanol–water partition coefficient (Wildman–Crippen LogP) is 1.78. The van der Waals surface area contributed by atoms with Gasteiger partial charge in [0.25, 0.3) is 0 Å². The van der Waals surface area contributed by atoms with E-state index in [0.29, 0.717) is 11.4 Å². The second-order valence-corrected chi connectivity index (χ2v) is 4.05. The molecule has 0 unspecified atom stereocenters. The molecule has 0 N–H and O–H groups in total. The Morgan fingerprint density at radius 1 is 1.35 bits per heavy atom. The van der Waals surface area contributed by atoms with Crippen molar-refractivity contribution >= 4 is 5.97 Å². The summed E-state index contributed by atoms with van der Waals surface area (Å²) in [5.41, 5.74) is 0.470. The Kier molecular flexibility index (Phi) is 2.99. The summed E-state index contributed by atoms with van der Waals surface area (Å²) in [4.78, 5) is 11.9. The number of carbonyl (C=O) groups is 1. The van der Waals surface area contributed by atoms with Crippen molar-refractivity contribution in [1.82, 2.24) is 14.3 Å². The van der Waals surface area contributed by atoms with Crippen LogP contribution < -0.4 is 0 Å². The van der Waals surface area contributed by atoms with Gasteiger partial charge in [-0.05, 0) is 26.0 Å². The minimum absolute atomic E-state index is 0.139. The highest BCUT2D eigenvalue weighted by atomic mass is 16.5. The van der Waals surface area contributed by atoms with E-state index < -0.39 is 0 Å². The van der Waals surface area contributed by atoms with E-state index in [9.17, 15) is 4.79 Å². The van der Waals surface area contributed by atoms with Gasteiger partial charge in [-0.15, -0.1) is 0 Å². The highest BCUT2D eigenvalue weighted by molar-refractivity contribution is 5.92. The number of aryl methyl sites for hydroxylation is 1. The van der Waals surface area contributed by atoms with Crippen LogP contribution in [0.15, 0.2) is 30.7 Å². The zero-order valence-corrected chi connectivity index (χ0v) is 10.1. The fraction of sp³-hybridized carbons (Fsp3) is 0.333. The molecule has 0 saturated carbocycles. The Morgan fingerprint density at radius 3 is 2.59 bits per heavy atom. The first kappa shape index (κ1) is 11.4. The van der Waals surface area contributed by atoms with Crippen molar-refractivity contribution < 1.29 is 9.53 Å². The van der Waals surface area contributed by atoms with Gasteiger partial charge in [0.2, 0.25) is 0 Å². The van der Waals surface area contributed by atoms with Gasteiger partial charge < -0.3 is 9.30 Å². The fourth-order valence-electron chi connectivity index (χ4n) is 1.63. The lowest BCUT2D eigenvalue weighted by Crippen LogP contribution is -2.14. The molecule has 2 rings (SSSR count). The van der Waals surface area contributed by atoms with Gasteiger partial charge in [-0.2, -0.15) is 5.10 Å². The van der Waals surface area contributed by atoms with Crippen LogP contribution in [0.4, 0.5) is 0 Å². The van der Waals surface area contributed by atoms with Crippen LogP contribution in [0.1, 0.15) is 24.2 Å². The van der Waals surface area contributed by atoms with Crippen molar-refractivity contribution in [3.63, 3.8) is 0 Å². The molecule has 0 amide bonds. The molecule has 0 aliphatic rings. The van der Waals surface area contributed by atoms with Crippen LogP contribution in [0.2, 0.25) is 0 Å². The van der Waals surface area contributed by atoms with E-state index in [1.54, 1.807) is 11.7 Å². The predicted molar refractivity (Wildman–Crippen MR) is 63.1 cm³/mol. The molecule has 17 heavy (non-hydrogen) atoms. The van der Waals surface area contributed by atoms with Crippen molar-refractivity contribution in [1.29, 1.82) is 0 Å². The first-order chi connectivity index (χ1) is 8.09. The Labute approximate surface area is 99.6 Å². The molecule has 2 aromatic heterocycles. The Hall–Kier alpha value is -2.04. The quantitative estimate of drug-likeness (QED) is 0.759. The first-order valence-corrected chi connectivity index (χ1v) is 5.46. The average Bonchev–Trinajstić information content (AvgIpc) is 2.84. The SMILES string of the molecule is CC(C)OC(=O)c1cnn(C)c1-n1cccc1. The van der Waals surface area contributed by atoms with Gasteiger partial charge in [-0.3, -0.25) is 4.68 Å². The highest BCUT2D eigenvalue weighted by Gasteiger charge is 2.19. The van der Waals surface area contributed by atoms with E-state index in [1.807, 2.05) is 42.9 Å². The highest BCUT2D eigenvalue weighted by Crippen LogP contribution is 2.15. The molecular formula is C12H15N3O2. The van der Waals surface area contributed by atoms with E-state index in [0.717, 1.165) is 0 Å². The molecule has 0 aliphatic carbocycles. The first-order valence-electron chi connectivity index (χ1n) is 5.46. The molecule has 0 atom stereocenters. The Morgan fingerprint density at radius 2 is 2.00 bits per heavy atom. The average molecular weight is 233 g/mol. The summed E-state index contributed by atoms with van der Waals surface area (Å²) in [6.07, 6.45) is 5.12. The van der Waals surface area contributed by atoms with Crippen LogP contribution in [0, 0.1) is 0 Å². The lowest BCUT2D eigenvalue weighted by Gasteiger charge is -2.09. The molecular weight excluding hydrogens is 218 g/mol. The minimum atomic E-state index is -0.350. The van der Waals surface area contributed by atoms with Crippen LogP contribution in [-0.2, 0) is 11.8 Å². The normalized spacial score (nSPS) is 10.8. The van der Waals surface area contributed by atoms with E-state index >= 15 is 0 Å². The number of carbonyl (C=O) groups excluding carboxylic acids is 1. The van der Waals surface area contributed by atoms with Crippen molar-refractivity contribution in [3.8, 4) is 5.82 Å². The Bertz CT molecular complexity index is 512. The summed E-state index contributed by atoms with van der Waals surface area (Å²) < 4.78 is 8.67. The van der Waals surface area contributed by atoms with E-state index in [-0.39, 0.29) is 12.1 Å². The van der Waals surface area contributed by atoms with Gasteiger partial charge >= 0.3 is 5.97 Å². The zero-order valence-electron chi connectivity index (χ0n) is 10.1. The largest absolute Gasteiger partial charge is 0.459 e. The van der Waals surface area contributed by atoms with Crippen molar-refractivity contribution in [2.75, 3.05) is 0 Å². The third-order valence-electron chi connectivity index (χ3n) is 2.32. The van der Waals surface area contributed by atoms with Gasteiger partial charge in [-0.25, -0.2) is 4.79 Å². The van der Waals surface area contributed by atoms with Gasteiger partial charge in [0.15, 0.2) is 0 Å². The molecule has 2 aromatic rings. The second-order valence-electron chi connectivity index (χ2n) is 4.05. The monoisotopic (exact) mass is 233 g/mol. The van der Waals surface area contributed by atoms with Crippen LogP contribution in [0.3, 0.4) is 0 Å². The molecule has 0 aliphatic heterocycles. The van der Waals surface area contributed by atoms with Gasteiger partial charge in [0.1, 0.15) is 11.4 Å². The summed E-state index contributed by atoms with van der Waals surface area (Å²) in [5, 5.41) is 4.10. The molecule has 5 heteroatoms.